The number of benzene rings is 2. The maximum Gasteiger partial charge on any atom is 0.254 e. The van der Waals surface area contributed by atoms with Gasteiger partial charge in [0, 0.05) is 11.1 Å². The molecule has 0 saturated heterocycles. The quantitative estimate of drug-likeness (QED) is 0.670. The zero-order chi connectivity index (χ0) is 20.1. The van der Waals surface area contributed by atoms with Crippen molar-refractivity contribution in [3.63, 3.8) is 0 Å². The standard InChI is InChI=1S/C20H19N3O5/c1-10(24)11-7-8-15-13(9-11)17(18(25)20(2,3)27-15)21-19(26)12-5-4-6-14-16(12)23-28-22-14/h4-9,17-18,25H,1-3H3,(H,21,26)/t17-,18+/m0/s1. The predicted octanol–water partition coefficient (Wildman–Crippen LogP) is 2.43. The number of hydrogen-bond acceptors (Lipinski definition) is 7. The van der Waals surface area contributed by atoms with Crippen LogP contribution in [0.1, 0.15) is 53.1 Å². The van der Waals surface area contributed by atoms with Gasteiger partial charge in [0.1, 0.15) is 28.5 Å². The second-order valence-electron chi connectivity index (χ2n) is 7.35. The molecule has 1 amide bonds. The fraction of sp³-hybridized carbons (Fsp3) is 0.300. The van der Waals surface area contributed by atoms with Gasteiger partial charge in [-0.25, -0.2) is 4.63 Å². The molecule has 1 aromatic heterocycles. The lowest BCUT2D eigenvalue weighted by Crippen LogP contribution is -2.53. The molecule has 28 heavy (non-hydrogen) atoms. The average molecular weight is 381 g/mol. The van der Waals surface area contributed by atoms with Crippen molar-refractivity contribution in [1.82, 2.24) is 15.6 Å². The molecule has 144 valence electrons. The van der Waals surface area contributed by atoms with Gasteiger partial charge in [-0.05, 0) is 61.4 Å². The summed E-state index contributed by atoms with van der Waals surface area (Å²) < 4.78 is 10.6. The van der Waals surface area contributed by atoms with Crippen LogP contribution in [0.3, 0.4) is 0 Å². The first-order valence-electron chi connectivity index (χ1n) is 8.82. The van der Waals surface area contributed by atoms with Crippen LogP contribution in [0.15, 0.2) is 41.0 Å². The minimum absolute atomic E-state index is 0.120. The SMILES string of the molecule is CC(=O)c1ccc2c(c1)[C@H](NC(=O)c1cccc3nonc13)[C@@H](O)C(C)(C)O2. The van der Waals surface area contributed by atoms with Gasteiger partial charge < -0.3 is 15.2 Å². The zero-order valence-electron chi connectivity index (χ0n) is 15.6. The monoisotopic (exact) mass is 381 g/mol. The minimum atomic E-state index is -1.04. The number of hydrogen-bond donors (Lipinski definition) is 2. The third-order valence-electron chi connectivity index (χ3n) is 4.97. The van der Waals surface area contributed by atoms with Crippen LogP contribution in [0.5, 0.6) is 5.75 Å². The second-order valence-corrected chi connectivity index (χ2v) is 7.35. The molecule has 1 aliphatic rings. The Bertz CT molecular complexity index is 1090. The highest BCUT2D eigenvalue weighted by Gasteiger charge is 2.44. The highest BCUT2D eigenvalue weighted by molar-refractivity contribution is 6.04. The van der Waals surface area contributed by atoms with Gasteiger partial charge >= 0.3 is 0 Å². The summed E-state index contributed by atoms with van der Waals surface area (Å²) in [7, 11) is 0. The predicted molar refractivity (Wildman–Crippen MR) is 99.2 cm³/mol. The molecule has 2 aromatic carbocycles. The molecule has 1 aliphatic heterocycles. The largest absolute Gasteiger partial charge is 0.485 e. The Morgan fingerprint density at radius 2 is 1.96 bits per heavy atom. The van der Waals surface area contributed by atoms with E-state index in [1.165, 1.54) is 6.92 Å². The number of fused-ring (bicyclic) bond motifs is 2. The van der Waals surface area contributed by atoms with Crippen molar-refractivity contribution in [2.75, 3.05) is 0 Å². The molecule has 0 aliphatic carbocycles. The minimum Gasteiger partial charge on any atom is -0.485 e. The first-order chi connectivity index (χ1) is 13.3. The third kappa shape index (κ3) is 2.91. The normalized spacial score (nSPS) is 20.3. The molecule has 0 bridgehead atoms. The van der Waals surface area contributed by atoms with Gasteiger partial charge in [0.05, 0.1) is 11.6 Å². The molecular formula is C20H19N3O5. The number of carbonyl (C=O) groups excluding carboxylic acids is 2. The Balaban J connectivity index is 1.75. The van der Waals surface area contributed by atoms with Gasteiger partial charge in [-0.1, -0.05) is 6.07 Å². The Morgan fingerprint density at radius 3 is 2.71 bits per heavy atom. The molecule has 8 nitrogen and oxygen atoms in total. The van der Waals surface area contributed by atoms with Crippen LogP contribution < -0.4 is 10.1 Å². The summed E-state index contributed by atoms with van der Waals surface area (Å²) in [6.45, 7) is 4.93. The molecule has 3 aromatic rings. The van der Waals surface area contributed by atoms with Crippen molar-refractivity contribution in [1.29, 1.82) is 0 Å². The van der Waals surface area contributed by atoms with Crippen molar-refractivity contribution in [3.8, 4) is 5.75 Å². The maximum absolute atomic E-state index is 13.0. The molecule has 2 N–H and O–H groups in total. The van der Waals surface area contributed by atoms with Gasteiger partial charge in [-0.15, -0.1) is 0 Å². The lowest BCUT2D eigenvalue weighted by molar-refractivity contribution is -0.0627. The number of aliphatic hydroxyl groups excluding tert-OH is 1. The molecule has 2 atom stereocenters. The summed E-state index contributed by atoms with van der Waals surface area (Å²) in [6.07, 6.45) is -1.04. The molecule has 0 spiro atoms. The average Bonchev–Trinajstić information content (AvgIpc) is 3.13. The van der Waals surface area contributed by atoms with Gasteiger partial charge in [0.2, 0.25) is 0 Å². The summed E-state index contributed by atoms with van der Waals surface area (Å²) >= 11 is 0. The molecule has 0 saturated carbocycles. The molecule has 2 heterocycles. The Morgan fingerprint density at radius 1 is 1.18 bits per heavy atom. The van der Waals surface area contributed by atoms with Crippen LogP contribution in [-0.2, 0) is 0 Å². The van der Waals surface area contributed by atoms with E-state index in [4.69, 9.17) is 9.37 Å². The van der Waals surface area contributed by atoms with E-state index in [1.54, 1.807) is 50.2 Å². The van der Waals surface area contributed by atoms with E-state index in [2.05, 4.69) is 15.6 Å². The van der Waals surface area contributed by atoms with Crippen LogP contribution in [-0.4, -0.2) is 38.8 Å². The van der Waals surface area contributed by atoms with Crippen LogP contribution in [0.2, 0.25) is 0 Å². The lowest BCUT2D eigenvalue weighted by Gasteiger charge is -2.42. The number of carbonyl (C=O) groups is 2. The number of aromatic nitrogens is 2. The highest BCUT2D eigenvalue weighted by Crippen LogP contribution is 2.40. The van der Waals surface area contributed by atoms with Gasteiger partial charge in [0.15, 0.2) is 5.78 Å². The molecule has 0 fully saturated rings. The number of rotatable bonds is 3. The number of Topliss-reactive ketones (excluding diaryl/α,β-unsaturated/α-hetero) is 1. The Hall–Kier alpha value is -3.26. The van der Waals surface area contributed by atoms with E-state index in [-0.39, 0.29) is 11.3 Å². The van der Waals surface area contributed by atoms with Gasteiger partial charge in [0.25, 0.3) is 5.91 Å². The summed E-state index contributed by atoms with van der Waals surface area (Å²) in [4.78, 5) is 24.8. The number of aliphatic hydroxyl groups is 1. The first kappa shape index (κ1) is 18.1. The van der Waals surface area contributed by atoms with E-state index < -0.39 is 23.7 Å². The van der Waals surface area contributed by atoms with Crippen LogP contribution in [0, 0.1) is 0 Å². The topological polar surface area (TPSA) is 115 Å². The van der Waals surface area contributed by atoms with E-state index in [1.807, 2.05) is 0 Å². The number of amides is 1. The number of nitrogens with one attached hydrogen (secondary N) is 1. The smallest absolute Gasteiger partial charge is 0.254 e. The zero-order valence-corrected chi connectivity index (χ0v) is 15.6. The van der Waals surface area contributed by atoms with Crippen LogP contribution in [0.25, 0.3) is 11.0 Å². The summed E-state index contributed by atoms with van der Waals surface area (Å²) in [6, 6.07) is 9.17. The maximum atomic E-state index is 13.0. The molecule has 8 heteroatoms. The number of nitrogens with zero attached hydrogens (tertiary/aromatic N) is 2. The molecular weight excluding hydrogens is 362 g/mol. The van der Waals surface area contributed by atoms with E-state index in [0.29, 0.717) is 27.9 Å². The molecule has 0 unspecified atom stereocenters. The fourth-order valence-electron chi connectivity index (χ4n) is 3.38. The third-order valence-corrected chi connectivity index (χ3v) is 4.97. The Kier molecular flexibility index (Phi) is 4.15. The lowest BCUT2D eigenvalue weighted by atomic mass is 9.85. The molecule has 0 radical (unpaired) electrons. The summed E-state index contributed by atoms with van der Waals surface area (Å²) in [5.74, 6) is -0.0558. The van der Waals surface area contributed by atoms with Gasteiger partial charge in [-0.2, -0.15) is 0 Å². The highest BCUT2D eigenvalue weighted by atomic mass is 16.6. The van der Waals surface area contributed by atoms with Crippen molar-refractivity contribution in [2.45, 2.75) is 38.5 Å². The van der Waals surface area contributed by atoms with E-state index in [9.17, 15) is 14.7 Å². The van der Waals surface area contributed by atoms with Crippen molar-refractivity contribution in [2.24, 2.45) is 0 Å². The first-order valence-corrected chi connectivity index (χ1v) is 8.82. The number of ketones is 1. The van der Waals surface area contributed by atoms with Crippen molar-refractivity contribution < 1.29 is 24.1 Å². The summed E-state index contributed by atoms with van der Waals surface area (Å²) in [5.41, 5.74) is 1.14. The van der Waals surface area contributed by atoms with Crippen molar-refractivity contribution >= 4 is 22.7 Å². The fourth-order valence-corrected chi connectivity index (χ4v) is 3.38. The van der Waals surface area contributed by atoms with Crippen molar-refractivity contribution in [3.05, 3.63) is 53.1 Å². The van der Waals surface area contributed by atoms with Crippen LogP contribution in [0.4, 0.5) is 0 Å². The van der Waals surface area contributed by atoms with Gasteiger partial charge in [-0.3, -0.25) is 9.59 Å². The summed E-state index contributed by atoms with van der Waals surface area (Å²) in [5, 5.41) is 21.2. The number of ether oxygens (including phenoxy) is 1. The van der Waals surface area contributed by atoms with E-state index in [0.717, 1.165) is 0 Å². The Labute approximate surface area is 160 Å². The van der Waals surface area contributed by atoms with E-state index >= 15 is 0 Å². The second kappa shape index (κ2) is 6.42. The van der Waals surface area contributed by atoms with Crippen LogP contribution >= 0.6 is 0 Å². The molecule has 4 rings (SSSR count).